The minimum absolute atomic E-state index is 0.108. The molecule has 0 radical (unpaired) electrons. The van der Waals surface area contributed by atoms with E-state index in [0.29, 0.717) is 35.0 Å². The molecule has 5 rings (SSSR count). The van der Waals surface area contributed by atoms with E-state index in [0.717, 1.165) is 47.9 Å². The maximum absolute atomic E-state index is 11.9. The maximum atomic E-state index is 11.9. The number of nitrogens with zero attached hydrogens (tertiary/aromatic N) is 5. The molecule has 1 fully saturated rings. The number of fused-ring (bicyclic) bond motifs is 3. The molecule has 1 amide bonds. The van der Waals surface area contributed by atoms with Gasteiger partial charge < -0.3 is 20.5 Å². The normalized spacial score (nSPS) is 16.5. The molecular formula is C25H30ClN7O3. The molecule has 1 saturated heterocycles. The summed E-state index contributed by atoms with van der Waals surface area (Å²) in [7, 11) is 0. The van der Waals surface area contributed by atoms with E-state index in [4.69, 9.17) is 26.8 Å². The Labute approximate surface area is 213 Å². The average molecular weight is 512 g/mol. The summed E-state index contributed by atoms with van der Waals surface area (Å²) >= 11 is 6.79. The third kappa shape index (κ3) is 4.96. The number of amides is 1. The van der Waals surface area contributed by atoms with Crippen molar-refractivity contribution < 1.29 is 14.3 Å². The van der Waals surface area contributed by atoms with Gasteiger partial charge in [0, 0.05) is 41.9 Å². The SMILES string of the molecule is CC(C)(C)OC(=O)NCCn1cc2c(n1)c(N)nc1cc(-c3ccnn3C3CCCCO3)c(Cl)cc12. The van der Waals surface area contributed by atoms with Crippen LogP contribution in [0.1, 0.15) is 46.3 Å². The largest absolute Gasteiger partial charge is 0.444 e. The van der Waals surface area contributed by atoms with Crippen LogP contribution in [0.5, 0.6) is 0 Å². The molecule has 0 aliphatic carbocycles. The first kappa shape index (κ1) is 24.3. The van der Waals surface area contributed by atoms with Crippen molar-refractivity contribution in [2.75, 3.05) is 18.9 Å². The Balaban J connectivity index is 1.44. The van der Waals surface area contributed by atoms with Crippen molar-refractivity contribution in [3.05, 3.63) is 35.6 Å². The molecule has 0 spiro atoms. The number of halogens is 1. The standard InChI is InChI=1S/C25H30ClN7O3/c1-25(2,3)36-24(34)28-9-10-32-14-17-15-12-18(26)16(13-19(15)30-23(27)22(17)31-32)20-7-8-29-33(20)21-6-4-5-11-35-21/h7-8,12-14,21H,4-6,9-11H2,1-3H3,(H2,27,30)(H,28,34). The van der Waals surface area contributed by atoms with Gasteiger partial charge in [-0.1, -0.05) is 11.6 Å². The van der Waals surface area contributed by atoms with Gasteiger partial charge in [0.1, 0.15) is 11.1 Å². The quantitative estimate of drug-likeness (QED) is 0.390. The summed E-state index contributed by atoms with van der Waals surface area (Å²) in [5.41, 5.74) is 8.72. The van der Waals surface area contributed by atoms with Crippen LogP contribution in [-0.4, -0.2) is 49.4 Å². The average Bonchev–Trinajstić information content (AvgIpc) is 3.47. The number of anilines is 1. The van der Waals surface area contributed by atoms with Crippen molar-refractivity contribution >= 4 is 45.3 Å². The fourth-order valence-corrected chi connectivity index (χ4v) is 4.69. The number of rotatable bonds is 5. The molecule has 3 N–H and O–H groups in total. The van der Waals surface area contributed by atoms with Crippen molar-refractivity contribution in [2.45, 2.75) is 58.4 Å². The molecule has 0 saturated carbocycles. The maximum Gasteiger partial charge on any atom is 0.407 e. The van der Waals surface area contributed by atoms with E-state index in [1.807, 2.05) is 49.8 Å². The lowest BCUT2D eigenvalue weighted by Gasteiger charge is -2.24. The Bertz CT molecular complexity index is 1420. The lowest BCUT2D eigenvalue weighted by molar-refractivity contribution is -0.0383. The topological polar surface area (TPSA) is 122 Å². The lowest BCUT2D eigenvalue weighted by Crippen LogP contribution is -2.34. The molecule has 1 aliphatic rings. The van der Waals surface area contributed by atoms with Crippen LogP contribution < -0.4 is 11.1 Å². The highest BCUT2D eigenvalue weighted by molar-refractivity contribution is 6.34. The Morgan fingerprint density at radius 1 is 1.31 bits per heavy atom. The van der Waals surface area contributed by atoms with Crippen LogP contribution in [-0.2, 0) is 16.0 Å². The van der Waals surface area contributed by atoms with Crippen LogP contribution >= 0.6 is 11.6 Å². The van der Waals surface area contributed by atoms with Gasteiger partial charge >= 0.3 is 6.09 Å². The van der Waals surface area contributed by atoms with Gasteiger partial charge in [0.05, 0.1) is 22.8 Å². The van der Waals surface area contributed by atoms with Gasteiger partial charge in [0.25, 0.3) is 0 Å². The Kier molecular flexibility index (Phi) is 6.48. The number of nitrogens with two attached hydrogens (primary N) is 1. The Hall–Kier alpha value is -3.37. The minimum Gasteiger partial charge on any atom is -0.444 e. The molecule has 11 heteroatoms. The van der Waals surface area contributed by atoms with Crippen molar-refractivity contribution in [1.82, 2.24) is 29.9 Å². The monoisotopic (exact) mass is 511 g/mol. The van der Waals surface area contributed by atoms with E-state index in [9.17, 15) is 4.79 Å². The zero-order valence-electron chi connectivity index (χ0n) is 20.6. The first-order chi connectivity index (χ1) is 17.2. The van der Waals surface area contributed by atoms with Crippen LogP contribution in [0.25, 0.3) is 33.1 Å². The van der Waals surface area contributed by atoms with Crippen LogP contribution in [0.15, 0.2) is 30.6 Å². The second kappa shape index (κ2) is 9.59. The predicted molar refractivity (Wildman–Crippen MR) is 139 cm³/mol. The van der Waals surface area contributed by atoms with Gasteiger partial charge in [0.2, 0.25) is 0 Å². The van der Waals surface area contributed by atoms with Gasteiger partial charge in [-0.25, -0.2) is 14.5 Å². The van der Waals surface area contributed by atoms with Crippen molar-refractivity contribution in [1.29, 1.82) is 0 Å². The summed E-state index contributed by atoms with van der Waals surface area (Å²) in [5.74, 6) is 0.328. The predicted octanol–water partition coefficient (Wildman–Crippen LogP) is 4.91. The van der Waals surface area contributed by atoms with Crippen LogP contribution in [0.4, 0.5) is 10.6 Å². The molecule has 1 aliphatic heterocycles. The molecule has 1 atom stereocenters. The number of alkyl carbamates (subject to hydrolysis) is 1. The Morgan fingerprint density at radius 3 is 2.89 bits per heavy atom. The minimum atomic E-state index is -0.553. The molecule has 190 valence electrons. The van der Waals surface area contributed by atoms with E-state index in [1.165, 1.54) is 0 Å². The highest BCUT2D eigenvalue weighted by atomic mass is 35.5. The summed E-state index contributed by atoms with van der Waals surface area (Å²) in [6, 6.07) is 5.76. The number of benzene rings is 1. The second-order valence-corrected chi connectivity index (χ2v) is 10.3. The fraction of sp³-hybridized carbons (Fsp3) is 0.440. The molecule has 0 bridgehead atoms. The number of nitrogens with one attached hydrogen (secondary N) is 1. The van der Waals surface area contributed by atoms with E-state index in [-0.39, 0.29) is 6.23 Å². The third-order valence-electron chi connectivity index (χ3n) is 6.00. The highest BCUT2D eigenvalue weighted by Gasteiger charge is 2.22. The van der Waals surface area contributed by atoms with Gasteiger partial charge in [0.15, 0.2) is 12.0 Å². The number of aromatic nitrogens is 5. The van der Waals surface area contributed by atoms with Crippen molar-refractivity contribution in [3.63, 3.8) is 0 Å². The summed E-state index contributed by atoms with van der Waals surface area (Å²) in [6.45, 7) is 6.99. The van der Waals surface area contributed by atoms with Gasteiger partial charge in [-0.3, -0.25) is 4.68 Å². The van der Waals surface area contributed by atoms with Gasteiger partial charge in [-0.05, 0) is 58.2 Å². The second-order valence-electron chi connectivity index (χ2n) is 9.91. The number of carbonyl (C=O) groups excluding carboxylic acids is 1. The van der Waals surface area contributed by atoms with Gasteiger partial charge in [-0.2, -0.15) is 10.2 Å². The molecule has 1 aromatic carbocycles. The summed E-state index contributed by atoms with van der Waals surface area (Å²) < 4.78 is 14.8. The molecular weight excluding hydrogens is 482 g/mol. The number of carbonyl (C=O) groups is 1. The lowest BCUT2D eigenvalue weighted by atomic mass is 10.1. The van der Waals surface area contributed by atoms with Crippen LogP contribution in [0.3, 0.4) is 0 Å². The smallest absolute Gasteiger partial charge is 0.407 e. The highest BCUT2D eigenvalue weighted by Crippen LogP contribution is 2.37. The van der Waals surface area contributed by atoms with Gasteiger partial charge in [-0.15, -0.1) is 0 Å². The van der Waals surface area contributed by atoms with E-state index in [2.05, 4.69) is 20.5 Å². The molecule has 4 heterocycles. The third-order valence-corrected chi connectivity index (χ3v) is 6.32. The first-order valence-corrected chi connectivity index (χ1v) is 12.5. The van der Waals surface area contributed by atoms with E-state index in [1.54, 1.807) is 10.9 Å². The summed E-state index contributed by atoms with van der Waals surface area (Å²) in [5, 5.41) is 14.1. The summed E-state index contributed by atoms with van der Waals surface area (Å²) in [4.78, 5) is 16.5. The number of ether oxygens (including phenoxy) is 2. The molecule has 36 heavy (non-hydrogen) atoms. The molecule has 10 nitrogen and oxygen atoms in total. The molecule has 1 unspecified atom stereocenters. The first-order valence-electron chi connectivity index (χ1n) is 12.1. The molecule has 4 aromatic rings. The number of hydrogen-bond acceptors (Lipinski definition) is 7. The van der Waals surface area contributed by atoms with Crippen LogP contribution in [0, 0.1) is 0 Å². The number of nitrogen functional groups attached to an aromatic ring is 1. The zero-order valence-corrected chi connectivity index (χ0v) is 21.4. The zero-order chi connectivity index (χ0) is 25.4. The van der Waals surface area contributed by atoms with Crippen molar-refractivity contribution in [3.8, 4) is 11.3 Å². The van der Waals surface area contributed by atoms with Crippen LogP contribution in [0.2, 0.25) is 5.02 Å². The van der Waals surface area contributed by atoms with E-state index >= 15 is 0 Å². The number of hydrogen-bond donors (Lipinski definition) is 2. The fourth-order valence-electron chi connectivity index (χ4n) is 4.43. The van der Waals surface area contributed by atoms with E-state index < -0.39 is 11.7 Å². The van der Waals surface area contributed by atoms with Crippen molar-refractivity contribution in [2.24, 2.45) is 0 Å². The number of pyridine rings is 1. The summed E-state index contributed by atoms with van der Waals surface area (Å²) in [6.07, 6.45) is 6.15. The molecule has 3 aromatic heterocycles. The Morgan fingerprint density at radius 2 is 2.14 bits per heavy atom.